The fourth-order valence-electron chi connectivity index (χ4n) is 0.523. The van der Waals surface area contributed by atoms with Crippen LogP contribution in [0.4, 0.5) is 0 Å². The first-order valence-electron chi connectivity index (χ1n) is 3.13. The minimum absolute atomic E-state index is 0.161. The van der Waals surface area contributed by atoms with Gasteiger partial charge < -0.3 is 9.16 Å². The van der Waals surface area contributed by atoms with E-state index in [1.54, 1.807) is 0 Å². The zero-order chi connectivity index (χ0) is 5.82. The van der Waals surface area contributed by atoms with E-state index in [9.17, 15) is 0 Å². The summed E-state index contributed by atoms with van der Waals surface area (Å²) in [7, 11) is -0.161. The Morgan fingerprint density at radius 3 is 3.12 bits per heavy atom. The molecule has 3 heteroatoms. The molecule has 0 aromatic rings. The molecular formula is C5H12O2Si. The number of rotatable bonds is 4. The molecule has 1 unspecified atom stereocenters. The summed E-state index contributed by atoms with van der Waals surface area (Å²) in [5.41, 5.74) is 0. The van der Waals surface area contributed by atoms with E-state index in [4.69, 9.17) is 9.16 Å². The SMILES string of the molecule is CC[SiH2]OCC1CO1. The second-order valence-electron chi connectivity index (χ2n) is 2.03. The molecule has 0 saturated carbocycles. The second-order valence-corrected chi connectivity index (χ2v) is 3.85. The van der Waals surface area contributed by atoms with Crippen molar-refractivity contribution in [1.82, 2.24) is 0 Å². The van der Waals surface area contributed by atoms with Crippen LogP contribution in [0.25, 0.3) is 0 Å². The van der Waals surface area contributed by atoms with Gasteiger partial charge in [-0.3, -0.25) is 0 Å². The molecule has 0 aliphatic carbocycles. The van der Waals surface area contributed by atoms with Crippen molar-refractivity contribution in [3.8, 4) is 0 Å². The molecule has 1 heterocycles. The first-order chi connectivity index (χ1) is 3.93. The maximum absolute atomic E-state index is 5.32. The number of hydrogen-bond donors (Lipinski definition) is 0. The predicted octanol–water partition coefficient (Wildman–Crippen LogP) is -0.0762. The van der Waals surface area contributed by atoms with E-state index >= 15 is 0 Å². The molecule has 0 N–H and O–H groups in total. The molecule has 48 valence electrons. The van der Waals surface area contributed by atoms with Crippen LogP contribution in [0.15, 0.2) is 0 Å². The topological polar surface area (TPSA) is 21.8 Å². The van der Waals surface area contributed by atoms with Gasteiger partial charge in [-0.15, -0.1) is 0 Å². The van der Waals surface area contributed by atoms with Crippen molar-refractivity contribution in [2.24, 2.45) is 0 Å². The molecule has 0 aromatic carbocycles. The third kappa shape index (κ3) is 2.45. The van der Waals surface area contributed by atoms with E-state index in [-0.39, 0.29) is 9.76 Å². The fourth-order valence-corrected chi connectivity index (χ4v) is 1.24. The van der Waals surface area contributed by atoms with Crippen LogP contribution in [0.2, 0.25) is 6.04 Å². The Bertz CT molecular complexity index is 63.4. The monoisotopic (exact) mass is 132 g/mol. The smallest absolute Gasteiger partial charge is 0.161 e. The van der Waals surface area contributed by atoms with Crippen molar-refractivity contribution in [3.63, 3.8) is 0 Å². The average molecular weight is 132 g/mol. The second kappa shape index (κ2) is 3.22. The summed E-state index contributed by atoms with van der Waals surface area (Å²) in [4.78, 5) is 0. The predicted molar refractivity (Wildman–Crippen MR) is 34.7 cm³/mol. The summed E-state index contributed by atoms with van der Waals surface area (Å²) in [6.07, 6.45) is 0.467. The van der Waals surface area contributed by atoms with Crippen LogP contribution in [0, 0.1) is 0 Å². The number of ether oxygens (including phenoxy) is 1. The Kier molecular flexibility index (Phi) is 2.52. The van der Waals surface area contributed by atoms with Gasteiger partial charge in [0.25, 0.3) is 0 Å². The van der Waals surface area contributed by atoms with Crippen molar-refractivity contribution >= 4 is 9.76 Å². The van der Waals surface area contributed by atoms with Gasteiger partial charge in [-0.1, -0.05) is 6.92 Å². The maximum Gasteiger partial charge on any atom is 0.161 e. The molecule has 1 aliphatic heterocycles. The zero-order valence-corrected chi connectivity index (χ0v) is 6.64. The van der Waals surface area contributed by atoms with Gasteiger partial charge in [0.2, 0.25) is 0 Å². The molecule has 0 aromatic heterocycles. The standard InChI is InChI=1S/C5H12O2Si/c1-2-8-7-4-5-3-6-5/h5H,2-4,8H2,1H3. The largest absolute Gasteiger partial charge is 0.421 e. The van der Waals surface area contributed by atoms with E-state index < -0.39 is 0 Å². The Labute approximate surface area is 52.1 Å². The number of epoxide rings is 1. The van der Waals surface area contributed by atoms with Gasteiger partial charge in [0.1, 0.15) is 6.10 Å². The van der Waals surface area contributed by atoms with Gasteiger partial charge >= 0.3 is 0 Å². The van der Waals surface area contributed by atoms with E-state index in [2.05, 4.69) is 6.92 Å². The van der Waals surface area contributed by atoms with Gasteiger partial charge in [-0.05, 0) is 6.04 Å². The minimum atomic E-state index is -0.161. The molecule has 0 amide bonds. The molecule has 1 rings (SSSR count). The quantitative estimate of drug-likeness (QED) is 0.303. The van der Waals surface area contributed by atoms with Crippen LogP contribution in [-0.4, -0.2) is 29.1 Å². The van der Waals surface area contributed by atoms with Crippen molar-refractivity contribution in [1.29, 1.82) is 0 Å². The summed E-state index contributed by atoms with van der Waals surface area (Å²) in [6, 6.07) is 1.24. The average Bonchev–Trinajstić information content (AvgIpc) is 2.51. The summed E-state index contributed by atoms with van der Waals surface area (Å²) in [5, 5.41) is 0. The molecule has 1 atom stereocenters. The lowest BCUT2D eigenvalue weighted by molar-refractivity contribution is 0.273. The van der Waals surface area contributed by atoms with Crippen molar-refractivity contribution in [2.45, 2.75) is 19.1 Å². The van der Waals surface area contributed by atoms with Crippen molar-refractivity contribution < 1.29 is 9.16 Å². The molecule has 1 fully saturated rings. The molecule has 8 heavy (non-hydrogen) atoms. The summed E-state index contributed by atoms with van der Waals surface area (Å²) >= 11 is 0. The summed E-state index contributed by atoms with van der Waals surface area (Å²) in [6.45, 7) is 3.96. The fraction of sp³-hybridized carbons (Fsp3) is 1.00. The first kappa shape index (κ1) is 6.26. The highest BCUT2D eigenvalue weighted by atomic mass is 28.2. The maximum atomic E-state index is 5.32. The minimum Gasteiger partial charge on any atom is -0.421 e. The molecule has 0 bridgehead atoms. The molecule has 2 nitrogen and oxygen atoms in total. The summed E-state index contributed by atoms with van der Waals surface area (Å²) in [5.74, 6) is 0. The van der Waals surface area contributed by atoms with Gasteiger partial charge in [-0.2, -0.15) is 0 Å². The Balaban J connectivity index is 1.74. The van der Waals surface area contributed by atoms with Crippen molar-refractivity contribution in [2.75, 3.05) is 13.2 Å². The van der Waals surface area contributed by atoms with Gasteiger partial charge in [-0.25, -0.2) is 0 Å². The van der Waals surface area contributed by atoms with E-state index in [0.717, 1.165) is 13.2 Å². The lowest BCUT2D eigenvalue weighted by atomic mass is 10.5. The lowest BCUT2D eigenvalue weighted by Crippen LogP contribution is -2.03. The van der Waals surface area contributed by atoms with Crippen LogP contribution < -0.4 is 0 Å². The normalized spacial score (nSPS) is 27.4. The Hall–Kier alpha value is 0.137. The highest BCUT2D eigenvalue weighted by Gasteiger charge is 2.21. The third-order valence-electron chi connectivity index (χ3n) is 1.05. The molecule has 0 radical (unpaired) electrons. The van der Waals surface area contributed by atoms with Gasteiger partial charge in [0, 0.05) is 0 Å². The summed E-state index contributed by atoms with van der Waals surface area (Å²) < 4.78 is 10.3. The van der Waals surface area contributed by atoms with Gasteiger partial charge in [0.05, 0.1) is 13.2 Å². The number of hydrogen-bond acceptors (Lipinski definition) is 2. The third-order valence-corrected chi connectivity index (χ3v) is 1.99. The molecule has 0 spiro atoms. The van der Waals surface area contributed by atoms with Crippen LogP contribution >= 0.6 is 0 Å². The van der Waals surface area contributed by atoms with E-state index in [1.807, 2.05) is 0 Å². The van der Waals surface area contributed by atoms with Gasteiger partial charge in [0.15, 0.2) is 9.76 Å². The Morgan fingerprint density at radius 2 is 2.62 bits per heavy atom. The molecule has 1 saturated heterocycles. The van der Waals surface area contributed by atoms with Crippen LogP contribution in [0.5, 0.6) is 0 Å². The van der Waals surface area contributed by atoms with Crippen LogP contribution in [0.3, 0.4) is 0 Å². The van der Waals surface area contributed by atoms with E-state index in [0.29, 0.717) is 6.10 Å². The first-order valence-corrected chi connectivity index (χ1v) is 4.70. The van der Waals surface area contributed by atoms with Crippen LogP contribution in [0.1, 0.15) is 6.92 Å². The zero-order valence-electron chi connectivity index (χ0n) is 5.22. The van der Waals surface area contributed by atoms with E-state index in [1.165, 1.54) is 6.04 Å². The van der Waals surface area contributed by atoms with Crippen molar-refractivity contribution in [3.05, 3.63) is 0 Å². The molecular weight excluding hydrogens is 120 g/mol. The highest BCUT2D eigenvalue weighted by molar-refractivity contribution is 6.26. The lowest BCUT2D eigenvalue weighted by Gasteiger charge is -1.95. The molecule has 1 aliphatic rings. The highest BCUT2D eigenvalue weighted by Crippen LogP contribution is 2.07. The van der Waals surface area contributed by atoms with Crippen LogP contribution in [-0.2, 0) is 9.16 Å². The Morgan fingerprint density at radius 1 is 1.88 bits per heavy atom.